The van der Waals surface area contributed by atoms with E-state index >= 15 is 0 Å². The van der Waals surface area contributed by atoms with Gasteiger partial charge in [-0.1, -0.05) is 30.3 Å². The van der Waals surface area contributed by atoms with Crippen LogP contribution in [0.5, 0.6) is 0 Å². The summed E-state index contributed by atoms with van der Waals surface area (Å²) in [6.07, 6.45) is 4.38. The SMILES string of the molecule is CO[C@H]1C[C@@H](CN(C)C(=O)c2cnc(-c3ccccc3)nc2)N(C)C1. The van der Waals surface area contributed by atoms with Crippen LogP contribution in [0.1, 0.15) is 16.8 Å². The lowest BCUT2D eigenvalue weighted by atomic mass is 10.1. The van der Waals surface area contributed by atoms with Crippen LogP contribution in [0.4, 0.5) is 0 Å². The molecule has 1 fully saturated rings. The number of benzene rings is 1. The van der Waals surface area contributed by atoms with E-state index in [0.29, 0.717) is 24.0 Å². The standard InChI is InChI=1S/C19H24N4O2/c1-22-13-17(25-3)9-16(22)12-23(2)19(24)15-10-20-18(21-11-15)14-7-5-4-6-8-14/h4-8,10-11,16-17H,9,12-13H2,1-3H3/t16-,17-/m0/s1. The van der Waals surface area contributed by atoms with Gasteiger partial charge in [-0.2, -0.15) is 0 Å². The van der Waals surface area contributed by atoms with Crippen LogP contribution >= 0.6 is 0 Å². The lowest BCUT2D eigenvalue weighted by molar-refractivity contribution is 0.0759. The molecule has 6 heteroatoms. The van der Waals surface area contributed by atoms with E-state index in [-0.39, 0.29) is 12.0 Å². The maximum Gasteiger partial charge on any atom is 0.256 e. The summed E-state index contributed by atoms with van der Waals surface area (Å²) in [4.78, 5) is 25.3. The van der Waals surface area contributed by atoms with Gasteiger partial charge >= 0.3 is 0 Å². The Bertz CT molecular complexity index is 705. The van der Waals surface area contributed by atoms with Gasteiger partial charge in [0.25, 0.3) is 5.91 Å². The van der Waals surface area contributed by atoms with Crippen molar-refractivity contribution in [3.8, 4) is 11.4 Å². The zero-order valence-corrected chi connectivity index (χ0v) is 14.9. The Hall–Kier alpha value is -2.31. The molecule has 2 atom stereocenters. The molecule has 0 spiro atoms. The van der Waals surface area contributed by atoms with Gasteiger partial charge in [0.2, 0.25) is 0 Å². The zero-order valence-electron chi connectivity index (χ0n) is 14.9. The van der Waals surface area contributed by atoms with Crippen LogP contribution < -0.4 is 0 Å². The molecule has 3 rings (SSSR count). The Morgan fingerprint density at radius 2 is 1.96 bits per heavy atom. The van der Waals surface area contributed by atoms with Gasteiger partial charge in [-0.25, -0.2) is 9.97 Å². The molecule has 0 radical (unpaired) electrons. The molecule has 0 bridgehead atoms. The summed E-state index contributed by atoms with van der Waals surface area (Å²) in [5.41, 5.74) is 1.44. The summed E-state index contributed by atoms with van der Waals surface area (Å²) in [5, 5.41) is 0. The summed E-state index contributed by atoms with van der Waals surface area (Å²) in [6, 6.07) is 10.0. The van der Waals surface area contributed by atoms with Crippen LogP contribution in [0.3, 0.4) is 0 Å². The fourth-order valence-corrected chi connectivity index (χ4v) is 3.21. The van der Waals surface area contributed by atoms with Crippen molar-refractivity contribution in [3.63, 3.8) is 0 Å². The second-order valence-corrected chi connectivity index (χ2v) is 6.53. The molecular weight excluding hydrogens is 316 g/mol. The molecule has 6 nitrogen and oxygen atoms in total. The maximum absolute atomic E-state index is 12.6. The van der Waals surface area contributed by atoms with Gasteiger partial charge in [0, 0.05) is 51.2 Å². The van der Waals surface area contributed by atoms with E-state index in [4.69, 9.17) is 4.74 Å². The predicted octanol–water partition coefficient (Wildman–Crippen LogP) is 1.93. The summed E-state index contributed by atoms with van der Waals surface area (Å²) in [5.74, 6) is 0.562. The molecule has 2 aromatic rings. The molecule has 1 aliphatic heterocycles. The third kappa shape index (κ3) is 4.03. The number of rotatable bonds is 5. The topological polar surface area (TPSA) is 58.6 Å². The number of likely N-dealkylation sites (N-methyl/N-ethyl adjacent to an activating group) is 2. The van der Waals surface area contributed by atoms with Crippen LogP contribution in [-0.4, -0.2) is 72.1 Å². The fraction of sp³-hybridized carbons (Fsp3) is 0.421. The predicted molar refractivity (Wildman–Crippen MR) is 96.3 cm³/mol. The van der Waals surface area contributed by atoms with Crippen LogP contribution in [0.2, 0.25) is 0 Å². The summed E-state index contributed by atoms with van der Waals surface area (Å²) >= 11 is 0. The van der Waals surface area contributed by atoms with Crippen molar-refractivity contribution >= 4 is 5.91 Å². The molecule has 2 heterocycles. The van der Waals surface area contributed by atoms with Gasteiger partial charge in [0.1, 0.15) is 0 Å². The molecule has 1 aromatic heterocycles. The normalized spacial score (nSPS) is 20.6. The molecule has 0 aliphatic carbocycles. The zero-order chi connectivity index (χ0) is 17.8. The van der Waals surface area contributed by atoms with E-state index < -0.39 is 0 Å². The monoisotopic (exact) mass is 340 g/mol. The van der Waals surface area contributed by atoms with Gasteiger partial charge in [0.05, 0.1) is 11.7 Å². The highest BCUT2D eigenvalue weighted by Crippen LogP contribution is 2.19. The maximum atomic E-state index is 12.6. The molecule has 132 valence electrons. The fourth-order valence-electron chi connectivity index (χ4n) is 3.21. The van der Waals surface area contributed by atoms with Crippen LogP contribution in [0, 0.1) is 0 Å². The molecule has 0 unspecified atom stereocenters. The minimum atomic E-state index is -0.0612. The van der Waals surface area contributed by atoms with Crippen molar-refractivity contribution in [2.75, 3.05) is 34.3 Å². The largest absolute Gasteiger partial charge is 0.380 e. The van der Waals surface area contributed by atoms with E-state index in [1.165, 1.54) is 0 Å². The van der Waals surface area contributed by atoms with Crippen molar-refractivity contribution in [3.05, 3.63) is 48.3 Å². The third-order valence-electron chi connectivity index (χ3n) is 4.75. The Labute approximate surface area is 148 Å². The van der Waals surface area contributed by atoms with Gasteiger partial charge in [-0.15, -0.1) is 0 Å². The van der Waals surface area contributed by atoms with Gasteiger partial charge in [0.15, 0.2) is 5.82 Å². The number of hydrogen-bond donors (Lipinski definition) is 0. The lowest BCUT2D eigenvalue weighted by Gasteiger charge is -2.25. The molecular formula is C19H24N4O2. The average molecular weight is 340 g/mol. The molecule has 1 aliphatic rings. The van der Waals surface area contributed by atoms with Crippen LogP contribution in [0.15, 0.2) is 42.7 Å². The summed E-state index contributed by atoms with van der Waals surface area (Å²) < 4.78 is 5.43. The molecule has 25 heavy (non-hydrogen) atoms. The summed E-state index contributed by atoms with van der Waals surface area (Å²) in [6.45, 7) is 1.56. The number of likely N-dealkylation sites (tertiary alicyclic amines) is 1. The van der Waals surface area contributed by atoms with Crippen molar-refractivity contribution in [2.24, 2.45) is 0 Å². The quantitative estimate of drug-likeness (QED) is 0.832. The van der Waals surface area contributed by atoms with Gasteiger partial charge in [-0.3, -0.25) is 9.69 Å². The van der Waals surface area contributed by atoms with E-state index in [9.17, 15) is 4.79 Å². The second kappa shape index (κ2) is 7.72. The van der Waals surface area contributed by atoms with Gasteiger partial charge in [-0.05, 0) is 13.5 Å². The minimum Gasteiger partial charge on any atom is -0.380 e. The first kappa shape index (κ1) is 17.5. The van der Waals surface area contributed by atoms with Crippen molar-refractivity contribution in [1.82, 2.24) is 19.8 Å². The van der Waals surface area contributed by atoms with Crippen LogP contribution in [0.25, 0.3) is 11.4 Å². The lowest BCUT2D eigenvalue weighted by Crippen LogP contribution is -2.39. The minimum absolute atomic E-state index is 0.0612. The first-order valence-corrected chi connectivity index (χ1v) is 8.44. The number of amides is 1. The number of carbonyl (C=O) groups is 1. The van der Waals surface area contributed by atoms with Crippen molar-refractivity contribution in [1.29, 1.82) is 0 Å². The summed E-state index contributed by atoms with van der Waals surface area (Å²) in [7, 11) is 5.63. The molecule has 0 N–H and O–H groups in total. The highest BCUT2D eigenvalue weighted by Gasteiger charge is 2.31. The van der Waals surface area contributed by atoms with Crippen molar-refractivity contribution in [2.45, 2.75) is 18.6 Å². The number of hydrogen-bond acceptors (Lipinski definition) is 5. The Kier molecular flexibility index (Phi) is 5.40. The number of nitrogens with zero attached hydrogens (tertiary/aromatic N) is 4. The third-order valence-corrected chi connectivity index (χ3v) is 4.75. The molecule has 1 amide bonds. The number of carbonyl (C=O) groups excluding carboxylic acids is 1. The Balaban J connectivity index is 1.64. The Morgan fingerprint density at radius 3 is 2.56 bits per heavy atom. The van der Waals surface area contributed by atoms with Crippen LogP contribution in [-0.2, 0) is 4.74 Å². The van der Waals surface area contributed by atoms with E-state index in [2.05, 4.69) is 21.9 Å². The number of methoxy groups -OCH3 is 1. The number of ether oxygens (including phenoxy) is 1. The smallest absolute Gasteiger partial charge is 0.256 e. The average Bonchev–Trinajstić information content (AvgIpc) is 3.01. The molecule has 1 saturated heterocycles. The first-order chi connectivity index (χ1) is 12.1. The van der Waals surface area contributed by atoms with Gasteiger partial charge < -0.3 is 9.64 Å². The number of aromatic nitrogens is 2. The molecule has 1 aromatic carbocycles. The Morgan fingerprint density at radius 1 is 1.28 bits per heavy atom. The second-order valence-electron chi connectivity index (χ2n) is 6.53. The first-order valence-electron chi connectivity index (χ1n) is 8.44. The van der Waals surface area contributed by atoms with Crippen molar-refractivity contribution < 1.29 is 9.53 Å². The highest BCUT2D eigenvalue weighted by atomic mass is 16.5. The van der Waals surface area contributed by atoms with E-state index in [1.807, 2.05) is 37.4 Å². The molecule has 0 saturated carbocycles. The highest BCUT2D eigenvalue weighted by molar-refractivity contribution is 5.93. The van der Waals surface area contributed by atoms with E-state index in [0.717, 1.165) is 18.5 Å². The van der Waals surface area contributed by atoms with E-state index in [1.54, 1.807) is 24.4 Å².